The van der Waals surface area contributed by atoms with E-state index in [1.165, 1.54) is 6.42 Å². The lowest BCUT2D eigenvalue weighted by molar-refractivity contribution is -0.124. The Hall–Kier alpha value is -2.04. The number of carbonyl (C=O) groups is 2. The summed E-state index contributed by atoms with van der Waals surface area (Å²) in [6, 6.07) is 6.77. The van der Waals surface area contributed by atoms with Crippen LogP contribution in [0.2, 0.25) is 0 Å². The van der Waals surface area contributed by atoms with Crippen molar-refractivity contribution in [3.63, 3.8) is 0 Å². The zero-order chi connectivity index (χ0) is 15.2. The van der Waals surface area contributed by atoms with Gasteiger partial charge in [0.05, 0.1) is 0 Å². The molecule has 1 fully saturated rings. The summed E-state index contributed by atoms with van der Waals surface area (Å²) in [5.74, 6) is 0.346. The minimum Gasteiger partial charge on any atom is -0.484 e. The molecule has 5 nitrogen and oxygen atoms in total. The van der Waals surface area contributed by atoms with Crippen LogP contribution in [0, 0.1) is 5.92 Å². The Balaban J connectivity index is 1.83. The Morgan fingerprint density at radius 3 is 2.81 bits per heavy atom. The summed E-state index contributed by atoms with van der Waals surface area (Å²) in [5.41, 5.74) is 5.57. The number of primary amides is 1. The van der Waals surface area contributed by atoms with Crippen molar-refractivity contribution in [1.82, 2.24) is 5.32 Å². The fourth-order valence-electron chi connectivity index (χ4n) is 2.67. The Kier molecular flexibility index (Phi) is 5.20. The Morgan fingerprint density at radius 1 is 1.33 bits per heavy atom. The molecule has 2 atom stereocenters. The molecule has 5 heteroatoms. The fourth-order valence-corrected chi connectivity index (χ4v) is 2.67. The molecule has 21 heavy (non-hydrogen) atoms. The van der Waals surface area contributed by atoms with Gasteiger partial charge in [-0.05, 0) is 37.0 Å². The van der Waals surface area contributed by atoms with Gasteiger partial charge in [0.15, 0.2) is 6.61 Å². The van der Waals surface area contributed by atoms with Crippen LogP contribution >= 0.6 is 0 Å². The highest BCUT2D eigenvalue weighted by molar-refractivity contribution is 5.93. The number of nitrogens with one attached hydrogen (secondary N) is 1. The van der Waals surface area contributed by atoms with Crippen LogP contribution < -0.4 is 15.8 Å². The molecule has 0 radical (unpaired) electrons. The van der Waals surface area contributed by atoms with Crippen LogP contribution in [-0.4, -0.2) is 24.5 Å². The maximum Gasteiger partial charge on any atom is 0.258 e. The molecule has 0 spiro atoms. The quantitative estimate of drug-likeness (QED) is 0.868. The molecule has 2 amide bonds. The molecule has 1 aromatic carbocycles. The summed E-state index contributed by atoms with van der Waals surface area (Å²) in [5, 5.41) is 3.02. The third-order valence-corrected chi connectivity index (χ3v) is 3.95. The van der Waals surface area contributed by atoms with Gasteiger partial charge < -0.3 is 15.8 Å². The molecule has 1 aromatic rings. The van der Waals surface area contributed by atoms with Gasteiger partial charge in [0.1, 0.15) is 5.75 Å². The van der Waals surface area contributed by atoms with Crippen molar-refractivity contribution in [3.8, 4) is 5.75 Å². The molecule has 2 rings (SSSR count). The lowest BCUT2D eigenvalue weighted by Crippen LogP contribution is -2.43. The predicted molar refractivity (Wildman–Crippen MR) is 80.0 cm³/mol. The monoisotopic (exact) mass is 290 g/mol. The summed E-state index contributed by atoms with van der Waals surface area (Å²) in [4.78, 5) is 23.0. The average molecular weight is 290 g/mol. The van der Waals surface area contributed by atoms with E-state index in [-0.39, 0.29) is 18.6 Å². The number of benzene rings is 1. The third kappa shape index (κ3) is 4.48. The van der Waals surface area contributed by atoms with Crippen LogP contribution in [0.25, 0.3) is 0 Å². The van der Waals surface area contributed by atoms with Gasteiger partial charge in [-0.25, -0.2) is 0 Å². The largest absolute Gasteiger partial charge is 0.484 e. The van der Waals surface area contributed by atoms with Gasteiger partial charge in [-0.3, -0.25) is 9.59 Å². The number of carbonyl (C=O) groups excluding carboxylic acids is 2. The van der Waals surface area contributed by atoms with Crippen LogP contribution in [-0.2, 0) is 4.79 Å². The highest BCUT2D eigenvalue weighted by Gasteiger charge is 2.22. The van der Waals surface area contributed by atoms with Crippen LogP contribution in [0.1, 0.15) is 43.0 Å². The summed E-state index contributed by atoms with van der Waals surface area (Å²) in [6.07, 6.45) is 4.59. The Morgan fingerprint density at radius 2 is 2.10 bits per heavy atom. The van der Waals surface area contributed by atoms with Crippen molar-refractivity contribution < 1.29 is 14.3 Å². The average Bonchev–Trinajstić information content (AvgIpc) is 2.48. The van der Waals surface area contributed by atoms with Crippen molar-refractivity contribution in [3.05, 3.63) is 29.8 Å². The molecular formula is C16H22N2O3. The topological polar surface area (TPSA) is 81.4 Å². The highest BCUT2D eigenvalue weighted by Crippen LogP contribution is 2.23. The molecule has 0 heterocycles. The molecule has 3 N–H and O–H groups in total. The molecule has 0 bridgehead atoms. The second-order valence-corrected chi connectivity index (χ2v) is 5.62. The van der Waals surface area contributed by atoms with Gasteiger partial charge in [-0.15, -0.1) is 0 Å². The van der Waals surface area contributed by atoms with E-state index in [9.17, 15) is 9.59 Å². The zero-order valence-corrected chi connectivity index (χ0v) is 12.3. The fraction of sp³-hybridized carbons (Fsp3) is 0.500. The summed E-state index contributed by atoms with van der Waals surface area (Å²) in [7, 11) is 0. The van der Waals surface area contributed by atoms with Crippen molar-refractivity contribution in [2.24, 2.45) is 11.7 Å². The van der Waals surface area contributed by atoms with Gasteiger partial charge in [-0.1, -0.05) is 25.8 Å². The number of amides is 2. The molecule has 0 aromatic heterocycles. The first kappa shape index (κ1) is 15.4. The third-order valence-electron chi connectivity index (χ3n) is 3.95. The molecule has 1 aliphatic rings. The lowest BCUT2D eigenvalue weighted by atomic mass is 9.86. The number of hydrogen-bond acceptors (Lipinski definition) is 3. The normalized spacial score (nSPS) is 21.6. The van der Waals surface area contributed by atoms with E-state index >= 15 is 0 Å². The van der Waals surface area contributed by atoms with E-state index in [1.807, 2.05) is 0 Å². The number of rotatable bonds is 5. The summed E-state index contributed by atoms with van der Waals surface area (Å²) < 4.78 is 5.42. The van der Waals surface area contributed by atoms with Crippen LogP contribution in [0.3, 0.4) is 0 Å². The molecule has 1 aliphatic carbocycles. The minimum absolute atomic E-state index is 0.0502. The van der Waals surface area contributed by atoms with E-state index < -0.39 is 5.91 Å². The second kappa shape index (κ2) is 7.11. The van der Waals surface area contributed by atoms with Gasteiger partial charge in [-0.2, -0.15) is 0 Å². The number of ether oxygens (including phenoxy) is 1. The maximum absolute atomic E-state index is 11.9. The maximum atomic E-state index is 11.9. The molecule has 0 aliphatic heterocycles. The minimum atomic E-state index is -0.513. The first-order valence-electron chi connectivity index (χ1n) is 7.38. The lowest BCUT2D eigenvalue weighted by Gasteiger charge is -2.29. The highest BCUT2D eigenvalue weighted by atomic mass is 16.5. The molecule has 2 unspecified atom stereocenters. The Bertz CT molecular complexity index is 516. The van der Waals surface area contributed by atoms with E-state index in [1.54, 1.807) is 24.3 Å². The molecule has 0 saturated heterocycles. The predicted octanol–water partition coefficient (Wildman–Crippen LogP) is 1.86. The van der Waals surface area contributed by atoms with Crippen LogP contribution in [0.5, 0.6) is 5.75 Å². The van der Waals surface area contributed by atoms with Crippen molar-refractivity contribution in [2.75, 3.05) is 6.61 Å². The SMILES string of the molecule is CC1CCCCC1NC(=O)COc1cccc(C(N)=O)c1. The van der Waals surface area contributed by atoms with Crippen molar-refractivity contribution >= 4 is 11.8 Å². The zero-order valence-electron chi connectivity index (χ0n) is 12.3. The van der Waals surface area contributed by atoms with Crippen molar-refractivity contribution in [2.45, 2.75) is 38.6 Å². The molecule has 114 valence electrons. The van der Waals surface area contributed by atoms with E-state index in [2.05, 4.69) is 12.2 Å². The van der Waals surface area contributed by atoms with E-state index in [4.69, 9.17) is 10.5 Å². The number of hydrogen-bond donors (Lipinski definition) is 2. The van der Waals surface area contributed by atoms with Crippen LogP contribution in [0.4, 0.5) is 0 Å². The summed E-state index contributed by atoms with van der Waals surface area (Å²) in [6.45, 7) is 2.12. The Labute approximate surface area is 124 Å². The molecular weight excluding hydrogens is 268 g/mol. The van der Waals surface area contributed by atoms with Crippen molar-refractivity contribution in [1.29, 1.82) is 0 Å². The smallest absolute Gasteiger partial charge is 0.258 e. The van der Waals surface area contributed by atoms with Gasteiger partial charge in [0.25, 0.3) is 5.91 Å². The molecule has 1 saturated carbocycles. The van der Waals surface area contributed by atoms with Crippen LogP contribution in [0.15, 0.2) is 24.3 Å². The van der Waals surface area contributed by atoms with E-state index in [0.29, 0.717) is 17.2 Å². The standard InChI is InChI=1S/C16H22N2O3/c1-11-5-2-3-8-14(11)18-15(19)10-21-13-7-4-6-12(9-13)16(17)20/h4,6-7,9,11,14H,2-3,5,8,10H2,1H3,(H2,17,20)(H,18,19). The first-order valence-corrected chi connectivity index (χ1v) is 7.38. The first-order chi connectivity index (χ1) is 10.1. The van der Waals surface area contributed by atoms with Gasteiger partial charge >= 0.3 is 0 Å². The number of nitrogens with two attached hydrogens (primary N) is 1. The van der Waals surface area contributed by atoms with E-state index in [0.717, 1.165) is 19.3 Å². The van der Waals surface area contributed by atoms with Gasteiger partial charge in [0.2, 0.25) is 5.91 Å². The van der Waals surface area contributed by atoms with Gasteiger partial charge in [0, 0.05) is 11.6 Å². The second-order valence-electron chi connectivity index (χ2n) is 5.62. The summed E-state index contributed by atoms with van der Waals surface area (Å²) >= 11 is 0.